The van der Waals surface area contributed by atoms with Gasteiger partial charge in [0.05, 0.1) is 19.8 Å². The van der Waals surface area contributed by atoms with Gasteiger partial charge in [-0.1, -0.05) is 11.2 Å². The number of hydrogen-bond acceptors (Lipinski definition) is 8. The monoisotopic (exact) mass is 446 g/mol. The molecule has 31 heavy (non-hydrogen) atoms. The molecule has 0 amide bonds. The van der Waals surface area contributed by atoms with Gasteiger partial charge >= 0.3 is 0 Å². The standard InChI is InChI=1S/C20H22N4O6S/c1-28-15-8-5-7-14(18(15)29-2)19-21-17(30-22-19)13-23-10-6-9-16(20(23)25)31(26,27)24-11-3-4-12-24/h5-10H,3-4,11-13H2,1-2H3. The zero-order valence-electron chi connectivity index (χ0n) is 17.1. The summed E-state index contributed by atoms with van der Waals surface area (Å²) in [5, 5.41) is 3.97. The molecule has 10 nitrogen and oxygen atoms in total. The van der Waals surface area contributed by atoms with Gasteiger partial charge in [-0.05, 0) is 37.1 Å². The van der Waals surface area contributed by atoms with Gasteiger partial charge in [-0.15, -0.1) is 0 Å². The summed E-state index contributed by atoms with van der Waals surface area (Å²) in [6, 6.07) is 8.12. The molecule has 0 aliphatic carbocycles. The lowest BCUT2D eigenvalue weighted by Gasteiger charge is -2.15. The molecule has 2 aromatic heterocycles. The average molecular weight is 446 g/mol. The zero-order chi connectivity index (χ0) is 22.0. The van der Waals surface area contributed by atoms with Crippen molar-refractivity contribution in [1.82, 2.24) is 19.0 Å². The molecular weight excluding hydrogens is 424 g/mol. The number of pyridine rings is 1. The Balaban J connectivity index is 1.64. The molecule has 0 saturated carbocycles. The fraction of sp³-hybridized carbons (Fsp3) is 0.350. The first-order valence-electron chi connectivity index (χ1n) is 9.69. The third-order valence-electron chi connectivity index (χ3n) is 5.09. The largest absolute Gasteiger partial charge is 0.493 e. The van der Waals surface area contributed by atoms with Crippen molar-refractivity contribution < 1.29 is 22.4 Å². The summed E-state index contributed by atoms with van der Waals surface area (Å²) in [4.78, 5) is 16.9. The first-order chi connectivity index (χ1) is 15.0. The van der Waals surface area contributed by atoms with E-state index in [2.05, 4.69) is 10.1 Å². The van der Waals surface area contributed by atoms with Crippen LogP contribution in [0.3, 0.4) is 0 Å². The number of para-hydroxylation sites is 1. The fourth-order valence-electron chi connectivity index (χ4n) is 3.54. The molecule has 1 aliphatic rings. The minimum Gasteiger partial charge on any atom is -0.493 e. The van der Waals surface area contributed by atoms with Crippen molar-refractivity contribution in [3.63, 3.8) is 0 Å². The van der Waals surface area contributed by atoms with Crippen molar-refractivity contribution in [2.75, 3.05) is 27.3 Å². The number of benzene rings is 1. The van der Waals surface area contributed by atoms with Gasteiger partial charge in [0.15, 0.2) is 11.5 Å². The average Bonchev–Trinajstić information content (AvgIpc) is 3.47. The lowest BCUT2D eigenvalue weighted by atomic mass is 10.1. The molecule has 0 bridgehead atoms. The van der Waals surface area contributed by atoms with Crippen LogP contribution in [0, 0.1) is 0 Å². The molecule has 4 rings (SSSR count). The molecule has 0 radical (unpaired) electrons. The van der Waals surface area contributed by atoms with Crippen LogP contribution in [0.4, 0.5) is 0 Å². The third-order valence-corrected chi connectivity index (χ3v) is 7.00. The van der Waals surface area contributed by atoms with Crippen LogP contribution in [0.1, 0.15) is 18.7 Å². The van der Waals surface area contributed by atoms with Gasteiger partial charge in [-0.2, -0.15) is 9.29 Å². The van der Waals surface area contributed by atoms with Crippen LogP contribution in [0.2, 0.25) is 0 Å². The van der Waals surface area contributed by atoms with E-state index in [4.69, 9.17) is 14.0 Å². The Hall–Kier alpha value is -3.18. The van der Waals surface area contributed by atoms with Gasteiger partial charge in [0.2, 0.25) is 21.7 Å². The van der Waals surface area contributed by atoms with Crippen LogP contribution in [-0.4, -0.2) is 54.7 Å². The summed E-state index contributed by atoms with van der Waals surface area (Å²) >= 11 is 0. The van der Waals surface area contributed by atoms with Crippen LogP contribution < -0.4 is 15.0 Å². The number of hydrogen-bond donors (Lipinski definition) is 0. The lowest BCUT2D eigenvalue weighted by Crippen LogP contribution is -2.34. The molecule has 1 saturated heterocycles. The Morgan fingerprint density at radius 1 is 1.10 bits per heavy atom. The summed E-state index contributed by atoms with van der Waals surface area (Å²) in [6.45, 7) is 0.777. The summed E-state index contributed by atoms with van der Waals surface area (Å²) < 4.78 is 44.2. The van der Waals surface area contributed by atoms with Crippen molar-refractivity contribution in [2.24, 2.45) is 0 Å². The Morgan fingerprint density at radius 2 is 1.87 bits per heavy atom. The highest BCUT2D eigenvalue weighted by Gasteiger charge is 2.30. The molecule has 11 heteroatoms. The Labute approximate surface area is 179 Å². The van der Waals surface area contributed by atoms with Gasteiger partial charge in [-0.25, -0.2) is 8.42 Å². The van der Waals surface area contributed by atoms with E-state index in [1.165, 1.54) is 41.4 Å². The second-order valence-corrected chi connectivity index (χ2v) is 8.88. The SMILES string of the molecule is COc1cccc(-c2noc(Cn3cccc(S(=O)(=O)N4CCCC4)c3=O)n2)c1OC. The summed E-state index contributed by atoms with van der Waals surface area (Å²) in [6.07, 6.45) is 3.07. The van der Waals surface area contributed by atoms with E-state index in [1.807, 2.05) is 0 Å². The van der Waals surface area contributed by atoms with E-state index in [9.17, 15) is 13.2 Å². The Kier molecular flexibility index (Phi) is 5.79. The first kappa shape index (κ1) is 21.1. The van der Waals surface area contributed by atoms with E-state index >= 15 is 0 Å². The maximum absolute atomic E-state index is 12.9. The lowest BCUT2D eigenvalue weighted by molar-refractivity contribution is 0.354. The van der Waals surface area contributed by atoms with Gasteiger partial charge in [-0.3, -0.25) is 4.79 Å². The minimum absolute atomic E-state index is 0.0680. The smallest absolute Gasteiger partial charge is 0.271 e. The predicted octanol–water partition coefficient (Wildman–Crippen LogP) is 1.75. The molecule has 3 heterocycles. The van der Waals surface area contributed by atoms with Gasteiger partial charge < -0.3 is 18.6 Å². The molecule has 0 N–H and O–H groups in total. The minimum atomic E-state index is -3.84. The van der Waals surface area contributed by atoms with Crippen molar-refractivity contribution in [2.45, 2.75) is 24.3 Å². The van der Waals surface area contributed by atoms with E-state index in [-0.39, 0.29) is 23.2 Å². The van der Waals surface area contributed by atoms with Crippen molar-refractivity contribution in [3.05, 3.63) is 52.8 Å². The first-order valence-corrected chi connectivity index (χ1v) is 11.1. The second kappa shape index (κ2) is 8.52. The van der Waals surface area contributed by atoms with Gasteiger partial charge in [0.1, 0.15) is 11.4 Å². The highest BCUT2D eigenvalue weighted by molar-refractivity contribution is 7.89. The summed E-state index contributed by atoms with van der Waals surface area (Å²) in [5.41, 5.74) is -0.0670. The normalized spacial score (nSPS) is 14.6. The second-order valence-electron chi connectivity index (χ2n) is 6.97. The van der Waals surface area contributed by atoms with Crippen molar-refractivity contribution in [3.8, 4) is 22.9 Å². The molecule has 1 aromatic carbocycles. The zero-order valence-corrected chi connectivity index (χ0v) is 18.0. The van der Waals surface area contributed by atoms with E-state index in [1.54, 1.807) is 18.2 Å². The highest BCUT2D eigenvalue weighted by atomic mass is 32.2. The summed E-state index contributed by atoms with van der Waals surface area (Å²) in [5.74, 6) is 1.38. The van der Waals surface area contributed by atoms with E-state index in [0.717, 1.165) is 12.8 Å². The van der Waals surface area contributed by atoms with Crippen molar-refractivity contribution >= 4 is 10.0 Å². The summed E-state index contributed by atoms with van der Waals surface area (Å²) in [7, 11) is -0.801. The number of ether oxygens (including phenoxy) is 2. The quantitative estimate of drug-likeness (QED) is 0.539. The molecular formula is C20H22N4O6S. The number of methoxy groups -OCH3 is 2. The van der Waals surface area contributed by atoms with E-state index in [0.29, 0.717) is 30.2 Å². The number of rotatable bonds is 7. The number of sulfonamides is 1. The van der Waals surface area contributed by atoms with Crippen molar-refractivity contribution in [1.29, 1.82) is 0 Å². The fourth-order valence-corrected chi connectivity index (χ4v) is 5.15. The van der Waals surface area contributed by atoms with Crippen LogP contribution in [0.25, 0.3) is 11.4 Å². The maximum Gasteiger partial charge on any atom is 0.271 e. The molecule has 3 aromatic rings. The molecule has 0 atom stereocenters. The molecule has 0 unspecified atom stereocenters. The van der Waals surface area contributed by atoms with Gasteiger partial charge in [0.25, 0.3) is 5.56 Å². The van der Waals surface area contributed by atoms with E-state index < -0.39 is 15.6 Å². The molecule has 1 fully saturated rings. The molecule has 1 aliphatic heterocycles. The Morgan fingerprint density at radius 3 is 2.58 bits per heavy atom. The predicted molar refractivity (Wildman–Crippen MR) is 111 cm³/mol. The molecule has 0 spiro atoms. The highest BCUT2D eigenvalue weighted by Crippen LogP contribution is 2.36. The Bertz CT molecular complexity index is 1240. The van der Waals surface area contributed by atoms with Crippen LogP contribution in [-0.2, 0) is 16.6 Å². The third kappa shape index (κ3) is 3.93. The number of aromatic nitrogens is 3. The van der Waals surface area contributed by atoms with Gasteiger partial charge in [0, 0.05) is 19.3 Å². The molecule has 164 valence electrons. The van der Waals surface area contributed by atoms with Crippen LogP contribution >= 0.6 is 0 Å². The topological polar surface area (TPSA) is 117 Å². The number of nitrogens with zero attached hydrogens (tertiary/aromatic N) is 4. The van der Waals surface area contributed by atoms with Crippen LogP contribution in [0.15, 0.2) is 50.7 Å². The van der Waals surface area contributed by atoms with Crippen LogP contribution in [0.5, 0.6) is 11.5 Å². The maximum atomic E-state index is 12.9.